The Morgan fingerprint density at radius 2 is 1.81 bits per heavy atom. The lowest BCUT2D eigenvalue weighted by Gasteiger charge is -2.30. The molecule has 1 aliphatic carbocycles. The van der Waals surface area contributed by atoms with Crippen molar-refractivity contribution in [3.8, 4) is 5.75 Å². The zero-order valence-electron chi connectivity index (χ0n) is 18.2. The maximum absolute atomic E-state index is 6.09. The van der Waals surface area contributed by atoms with Crippen molar-refractivity contribution in [1.29, 1.82) is 0 Å². The maximum atomic E-state index is 6.09. The Labute approximate surface area is 184 Å². The van der Waals surface area contributed by atoms with Gasteiger partial charge in [0.15, 0.2) is 6.29 Å². The molecule has 4 nitrogen and oxygen atoms in total. The highest BCUT2D eigenvalue weighted by Gasteiger charge is 2.25. The predicted molar refractivity (Wildman–Crippen MR) is 124 cm³/mol. The molecule has 4 heteroatoms. The van der Waals surface area contributed by atoms with Gasteiger partial charge in [0, 0.05) is 12.0 Å². The van der Waals surface area contributed by atoms with Crippen LogP contribution in [0.1, 0.15) is 47.9 Å². The normalized spacial score (nSPS) is 23.1. The second-order valence-electron chi connectivity index (χ2n) is 8.61. The van der Waals surface area contributed by atoms with E-state index in [0.717, 1.165) is 25.1 Å². The van der Waals surface area contributed by atoms with E-state index in [1.54, 1.807) is 7.11 Å². The molecule has 0 bridgehead atoms. The van der Waals surface area contributed by atoms with Crippen LogP contribution in [0.4, 0.5) is 0 Å². The molecular weight excluding hydrogens is 386 g/mol. The number of fused-ring (bicyclic) bond motifs is 2. The fraction of sp³-hybridized carbons (Fsp3) is 0.407. The van der Waals surface area contributed by atoms with Gasteiger partial charge in [-0.05, 0) is 71.8 Å². The number of aryl methyl sites for hydroxylation is 1. The molecule has 1 heterocycles. The van der Waals surface area contributed by atoms with Crippen LogP contribution in [-0.4, -0.2) is 33.2 Å². The van der Waals surface area contributed by atoms with E-state index in [9.17, 15) is 0 Å². The molecule has 1 saturated heterocycles. The third kappa shape index (κ3) is 4.47. The van der Waals surface area contributed by atoms with Crippen LogP contribution in [0.5, 0.6) is 5.75 Å². The van der Waals surface area contributed by atoms with Crippen LogP contribution in [0.3, 0.4) is 0 Å². The van der Waals surface area contributed by atoms with Crippen LogP contribution in [0, 0.1) is 0 Å². The molecule has 0 saturated carbocycles. The van der Waals surface area contributed by atoms with E-state index in [1.165, 1.54) is 40.3 Å². The fourth-order valence-electron chi connectivity index (χ4n) is 4.97. The molecular formula is C27H31NO3. The minimum Gasteiger partial charge on any atom is -0.497 e. The summed E-state index contributed by atoms with van der Waals surface area (Å²) in [5, 5.41) is 6.16. The lowest BCUT2D eigenvalue weighted by atomic mass is 9.94. The van der Waals surface area contributed by atoms with E-state index < -0.39 is 0 Å². The summed E-state index contributed by atoms with van der Waals surface area (Å²) < 4.78 is 17.5. The summed E-state index contributed by atoms with van der Waals surface area (Å²) in [6.45, 7) is 2.41. The van der Waals surface area contributed by atoms with Crippen molar-refractivity contribution in [3.05, 3.63) is 77.4 Å². The van der Waals surface area contributed by atoms with Crippen molar-refractivity contribution in [2.75, 3.05) is 26.9 Å². The second kappa shape index (κ2) is 9.39. The minimum absolute atomic E-state index is 0.0935. The Kier molecular flexibility index (Phi) is 6.21. The van der Waals surface area contributed by atoms with Crippen LogP contribution >= 0.6 is 0 Å². The Hall–Kier alpha value is -2.40. The van der Waals surface area contributed by atoms with Gasteiger partial charge in [-0.2, -0.15) is 0 Å². The first-order chi connectivity index (χ1) is 15.3. The molecule has 1 atom stereocenters. The van der Waals surface area contributed by atoms with Crippen molar-refractivity contribution < 1.29 is 14.2 Å². The number of benzene rings is 3. The van der Waals surface area contributed by atoms with Crippen LogP contribution in [0.15, 0.2) is 60.7 Å². The third-order valence-electron chi connectivity index (χ3n) is 6.67. The first kappa shape index (κ1) is 20.5. The lowest BCUT2D eigenvalue weighted by Crippen LogP contribution is -2.31. The van der Waals surface area contributed by atoms with E-state index in [2.05, 4.69) is 59.9 Å². The van der Waals surface area contributed by atoms with E-state index in [0.29, 0.717) is 19.3 Å². The number of ether oxygens (including phenoxy) is 3. The number of hydrogen-bond acceptors (Lipinski definition) is 4. The fourth-order valence-corrected chi connectivity index (χ4v) is 4.97. The predicted octanol–water partition coefficient (Wildman–Crippen LogP) is 5.36. The van der Waals surface area contributed by atoms with Gasteiger partial charge < -0.3 is 19.5 Å². The number of hydrogen-bond donors (Lipinski definition) is 1. The van der Waals surface area contributed by atoms with E-state index in [4.69, 9.17) is 14.2 Å². The largest absolute Gasteiger partial charge is 0.497 e. The molecule has 1 unspecified atom stereocenters. The lowest BCUT2D eigenvalue weighted by molar-refractivity contribution is -0.189. The van der Waals surface area contributed by atoms with Gasteiger partial charge >= 0.3 is 0 Å². The summed E-state index contributed by atoms with van der Waals surface area (Å²) in [6.07, 6.45) is 4.28. The highest BCUT2D eigenvalue weighted by molar-refractivity contribution is 5.87. The van der Waals surface area contributed by atoms with Gasteiger partial charge in [-0.1, -0.05) is 48.5 Å². The molecule has 1 fully saturated rings. The molecule has 162 valence electrons. The smallest absolute Gasteiger partial charge is 0.157 e. The van der Waals surface area contributed by atoms with Crippen molar-refractivity contribution in [2.24, 2.45) is 0 Å². The number of rotatable bonds is 7. The van der Waals surface area contributed by atoms with Gasteiger partial charge in [0.25, 0.3) is 0 Å². The van der Waals surface area contributed by atoms with Gasteiger partial charge in [0.1, 0.15) is 5.75 Å². The average molecular weight is 418 g/mol. The summed E-state index contributed by atoms with van der Waals surface area (Å²) >= 11 is 0. The Morgan fingerprint density at radius 1 is 0.968 bits per heavy atom. The van der Waals surface area contributed by atoms with Gasteiger partial charge in [-0.25, -0.2) is 0 Å². The quantitative estimate of drug-likeness (QED) is 0.525. The summed E-state index contributed by atoms with van der Waals surface area (Å²) in [5.74, 6) is 1.15. The average Bonchev–Trinajstić information content (AvgIpc) is 3.24. The summed E-state index contributed by atoms with van der Waals surface area (Å²) in [7, 11) is 1.70. The zero-order valence-corrected chi connectivity index (χ0v) is 18.2. The standard InChI is InChI=1S/C27H31NO3/c1-29-22-12-13-24-20(16-22)7-4-9-23(24)21-17-30-27(31-18-21)10-5-15-28-26-14-11-19-6-2-3-8-25(19)26/h2-4,6-9,12-13,16,21,26-28H,5,10-11,14-15,17-18H2,1H3. The van der Waals surface area contributed by atoms with E-state index in [-0.39, 0.29) is 12.2 Å². The van der Waals surface area contributed by atoms with Gasteiger partial charge in [-0.3, -0.25) is 0 Å². The molecule has 5 rings (SSSR count). The van der Waals surface area contributed by atoms with E-state index >= 15 is 0 Å². The van der Waals surface area contributed by atoms with Crippen molar-refractivity contribution >= 4 is 10.8 Å². The first-order valence-electron chi connectivity index (χ1n) is 11.4. The van der Waals surface area contributed by atoms with Crippen molar-refractivity contribution in [1.82, 2.24) is 5.32 Å². The van der Waals surface area contributed by atoms with Crippen molar-refractivity contribution in [3.63, 3.8) is 0 Å². The van der Waals surface area contributed by atoms with E-state index in [1.807, 2.05) is 6.07 Å². The first-order valence-corrected chi connectivity index (χ1v) is 11.4. The molecule has 0 aromatic heterocycles. The monoisotopic (exact) mass is 417 g/mol. The molecule has 3 aromatic carbocycles. The van der Waals surface area contributed by atoms with Crippen LogP contribution in [0.25, 0.3) is 10.8 Å². The molecule has 3 aromatic rings. The van der Waals surface area contributed by atoms with Gasteiger partial charge in [-0.15, -0.1) is 0 Å². The second-order valence-corrected chi connectivity index (χ2v) is 8.61. The van der Waals surface area contributed by atoms with Crippen LogP contribution < -0.4 is 10.1 Å². The van der Waals surface area contributed by atoms with Crippen molar-refractivity contribution in [2.45, 2.75) is 43.9 Å². The highest BCUT2D eigenvalue weighted by Crippen LogP contribution is 2.32. The Bertz CT molecular complexity index is 1030. The molecule has 31 heavy (non-hydrogen) atoms. The minimum atomic E-state index is -0.0935. The topological polar surface area (TPSA) is 39.7 Å². The zero-order chi connectivity index (χ0) is 21.0. The Balaban J connectivity index is 1.10. The SMILES string of the molecule is COc1ccc2c(C3COC(CCCNC4CCc5ccccc54)OC3)cccc2c1. The Morgan fingerprint density at radius 3 is 2.68 bits per heavy atom. The molecule has 0 spiro atoms. The highest BCUT2D eigenvalue weighted by atomic mass is 16.7. The molecule has 0 radical (unpaired) electrons. The summed E-state index contributed by atoms with van der Waals surface area (Å²) in [6, 6.07) is 22.0. The molecule has 2 aliphatic rings. The molecule has 0 amide bonds. The number of nitrogens with one attached hydrogen (secondary N) is 1. The van der Waals surface area contributed by atoms with Crippen LogP contribution in [-0.2, 0) is 15.9 Å². The number of methoxy groups -OCH3 is 1. The molecule has 1 N–H and O–H groups in total. The maximum Gasteiger partial charge on any atom is 0.157 e. The summed E-state index contributed by atoms with van der Waals surface area (Å²) in [5.41, 5.74) is 4.26. The summed E-state index contributed by atoms with van der Waals surface area (Å²) in [4.78, 5) is 0. The van der Waals surface area contributed by atoms with Gasteiger partial charge in [0.2, 0.25) is 0 Å². The molecule has 1 aliphatic heterocycles. The van der Waals surface area contributed by atoms with Crippen LogP contribution in [0.2, 0.25) is 0 Å². The van der Waals surface area contributed by atoms with Gasteiger partial charge in [0.05, 0.1) is 20.3 Å². The third-order valence-corrected chi connectivity index (χ3v) is 6.67.